The Labute approximate surface area is 117 Å². The molecule has 0 spiro atoms. The number of carbonyl (C=O) groups is 1. The monoisotopic (exact) mass is 268 g/mol. The molecule has 0 radical (unpaired) electrons. The number of hydrogen-bond acceptors (Lipinski definition) is 2. The van der Waals surface area contributed by atoms with Crippen molar-refractivity contribution in [3.8, 4) is 0 Å². The maximum atomic E-state index is 11.1. The molecule has 3 heteroatoms. The molecular formula is C17H16O3. The second-order valence-electron chi connectivity index (χ2n) is 5.33. The van der Waals surface area contributed by atoms with E-state index in [9.17, 15) is 4.79 Å². The molecule has 0 aliphatic carbocycles. The first-order chi connectivity index (χ1) is 9.62. The van der Waals surface area contributed by atoms with E-state index >= 15 is 0 Å². The van der Waals surface area contributed by atoms with Gasteiger partial charge in [0.2, 0.25) is 0 Å². The largest absolute Gasteiger partial charge is 0.478 e. The highest BCUT2D eigenvalue weighted by Gasteiger charge is 2.42. The summed E-state index contributed by atoms with van der Waals surface area (Å²) in [6, 6.07) is 15.5. The Kier molecular flexibility index (Phi) is 3.07. The lowest BCUT2D eigenvalue weighted by Gasteiger charge is -2.42. The first kappa shape index (κ1) is 12.9. The average molecular weight is 268 g/mol. The predicted octanol–water partition coefficient (Wildman–Crippen LogP) is 3.01. The van der Waals surface area contributed by atoms with Gasteiger partial charge in [0.1, 0.15) is 0 Å². The molecule has 2 aromatic rings. The molecule has 1 N–H and O–H groups in total. The second-order valence-corrected chi connectivity index (χ2v) is 5.33. The van der Waals surface area contributed by atoms with Gasteiger partial charge in [0.15, 0.2) is 0 Å². The van der Waals surface area contributed by atoms with Gasteiger partial charge in [0.25, 0.3) is 0 Å². The number of benzene rings is 2. The van der Waals surface area contributed by atoms with Crippen molar-refractivity contribution >= 4 is 5.97 Å². The summed E-state index contributed by atoms with van der Waals surface area (Å²) in [5.74, 6) is -0.897. The van der Waals surface area contributed by atoms with Crippen LogP contribution >= 0.6 is 0 Å². The van der Waals surface area contributed by atoms with Crippen LogP contribution < -0.4 is 0 Å². The van der Waals surface area contributed by atoms with Gasteiger partial charge >= 0.3 is 5.97 Å². The van der Waals surface area contributed by atoms with Gasteiger partial charge in [-0.05, 0) is 30.2 Å². The molecule has 1 aliphatic rings. The molecule has 3 rings (SSSR count). The van der Waals surface area contributed by atoms with Gasteiger partial charge in [-0.1, -0.05) is 42.0 Å². The molecule has 0 bridgehead atoms. The summed E-state index contributed by atoms with van der Waals surface area (Å²) in [5.41, 5.74) is 3.50. The Morgan fingerprint density at radius 3 is 2.30 bits per heavy atom. The van der Waals surface area contributed by atoms with Gasteiger partial charge in [-0.25, -0.2) is 4.79 Å². The number of carboxylic acids is 1. The van der Waals surface area contributed by atoms with Crippen LogP contribution in [0.4, 0.5) is 0 Å². The van der Waals surface area contributed by atoms with Gasteiger partial charge in [0.05, 0.1) is 24.2 Å². The van der Waals surface area contributed by atoms with Crippen LogP contribution in [0.3, 0.4) is 0 Å². The van der Waals surface area contributed by atoms with Crippen molar-refractivity contribution < 1.29 is 14.6 Å². The standard InChI is InChI=1S/C17H16O3/c1-12-4-2-6-14(8-12)17(10-20-11-17)15-7-3-5-13(9-15)16(18)19/h2-9H,10-11H2,1H3,(H,18,19). The average Bonchev–Trinajstić information content (AvgIpc) is 2.38. The van der Waals surface area contributed by atoms with Crippen molar-refractivity contribution in [3.63, 3.8) is 0 Å². The fourth-order valence-electron chi connectivity index (χ4n) is 2.70. The molecule has 1 saturated heterocycles. The van der Waals surface area contributed by atoms with Crippen LogP contribution in [-0.4, -0.2) is 24.3 Å². The second kappa shape index (κ2) is 4.76. The lowest BCUT2D eigenvalue weighted by molar-refractivity contribution is -0.0380. The molecule has 0 saturated carbocycles. The Hall–Kier alpha value is -2.13. The van der Waals surface area contributed by atoms with Crippen molar-refractivity contribution in [1.29, 1.82) is 0 Å². The summed E-state index contributed by atoms with van der Waals surface area (Å²) in [5, 5.41) is 9.15. The van der Waals surface area contributed by atoms with E-state index in [0.717, 1.165) is 5.56 Å². The van der Waals surface area contributed by atoms with E-state index in [0.29, 0.717) is 18.8 Å². The highest BCUT2D eigenvalue weighted by Crippen LogP contribution is 2.39. The van der Waals surface area contributed by atoms with Crippen LogP contribution in [0.5, 0.6) is 0 Å². The minimum Gasteiger partial charge on any atom is -0.478 e. The zero-order valence-electron chi connectivity index (χ0n) is 11.3. The van der Waals surface area contributed by atoms with Crippen molar-refractivity contribution in [2.75, 3.05) is 13.2 Å². The summed E-state index contributed by atoms with van der Waals surface area (Å²) < 4.78 is 5.44. The molecule has 1 aliphatic heterocycles. The maximum absolute atomic E-state index is 11.1. The molecule has 102 valence electrons. The minimum absolute atomic E-state index is 0.211. The number of carboxylic acid groups (broad SMARTS) is 1. The maximum Gasteiger partial charge on any atom is 0.335 e. The number of hydrogen-bond donors (Lipinski definition) is 1. The van der Waals surface area contributed by atoms with E-state index in [1.54, 1.807) is 18.2 Å². The molecule has 0 atom stereocenters. The van der Waals surface area contributed by atoms with Crippen LogP contribution in [0.1, 0.15) is 27.0 Å². The normalized spacial score (nSPS) is 16.4. The third kappa shape index (κ3) is 2.00. The number of ether oxygens (including phenoxy) is 1. The summed E-state index contributed by atoms with van der Waals surface area (Å²) in [4.78, 5) is 11.1. The number of aryl methyl sites for hydroxylation is 1. The summed E-state index contributed by atoms with van der Waals surface area (Å²) in [7, 11) is 0. The summed E-state index contributed by atoms with van der Waals surface area (Å²) >= 11 is 0. The van der Waals surface area contributed by atoms with Crippen molar-refractivity contribution in [3.05, 3.63) is 70.8 Å². The quantitative estimate of drug-likeness (QED) is 0.930. The zero-order chi connectivity index (χ0) is 14.2. The predicted molar refractivity (Wildman–Crippen MR) is 76.2 cm³/mol. The first-order valence-electron chi connectivity index (χ1n) is 6.60. The number of rotatable bonds is 3. The van der Waals surface area contributed by atoms with Crippen molar-refractivity contribution in [2.45, 2.75) is 12.3 Å². The topological polar surface area (TPSA) is 46.5 Å². The van der Waals surface area contributed by atoms with E-state index in [4.69, 9.17) is 9.84 Å². The lowest BCUT2D eigenvalue weighted by Crippen LogP contribution is -2.47. The molecular weight excluding hydrogens is 252 g/mol. The van der Waals surface area contributed by atoms with Gasteiger partial charge in [0, 0.05) is 0 Å². The Morgan fingerprint density at radius 1 is 1.10 bits per heavy atom. The van der Waals surface area contributed by atoms with E-state index < -0.39 is 5.97 Å². The highest BCUT2D eigenvalue weighted by atomic mass is 16.5. The molecule has 20 heavy (non-hydrogen) atoms. The van der Waals surface area contributed by atoms with E-state index in [-0.39, 0.29) is 5.41 Å². The van der Waals surface area contributed by atoms with Crippen molar-refractivity contribution in [2.24, 2.45) is 0 Å². The van der Waals surface area contributed by atoms with Gasteiger partial charge in [-0.2, -0.15) is 0 Å². The van der Waals surface area contributed by atoms with Crippen LogP contribution in [0.2, 0.25) is 0 Å². The third-order valence-corrected chi connectivity index (χ3v) is 3.93. The zero-order valence-corrected chi connectivity index (χ0v) is 11.3. The minimum atomic E-state index is -0.897. The van der Waals surface area contributed by atoms with Crippen LogP contribution in [0, 0.1) is 6.92 Å². The molecule has 1 fully saturated rings. The smallest absolute Gasteiger partial charge is 0.335 e. The fourth-order valence-corrected chi connectivity index (χ4v) is 2.70. The fraction of sp³-hybridized carbons (Fsp3) is 0.235. The molecule has 0 unspecified atom stereocenters. The van der Waals surface area contributed by atoms with Crippen molar-refractivity contribution in [1.82, 2.24) is 0 Å². The molecule has 3 nitrogen and oxygen atoms in total. The van der Waals surface area contributed by atoms with Crippen LogP contribution in [0.15, 0.2) is 48.5 Å². The SMILES string of the molecule is Cc1cccc(C2(c3cccc(C(=O)O)c3)COC2)c1. The Bertz CT molecular complexity index is 657. The Balaban J connectivity index is 2.09. The first-order valence-corrected chi connectivity index (χ1v) is 6.60. The molecule has 0 amide bonds. The van der Waals surface area contributed by atoms with Crippen LogP contribution in [-0.2, 0) is 10.2 Å². The van der Waals surface area contributed by atoms with Gasteiger partial charge in [-0.3, -0.25) is 0 Å². The van der Waals surface area contributed by atoms with Gasteiger partial charge in [-0.15, -0.1) is 0 Å². The lowest BCUT2D eigenvalue weighted by atomic mass is 9.72. The van der Waals surface area contributed by atoms with E-state index in [1.807, 2.05) is 12.1 Å². The van der Waals surface area contributed by atoms with Crippen LogP contribution in [0.25, 0.3) is 0 Å². The number of aromatic carboxylic acids is 1. The molecule has 1 heterocycles. The van der Waals surface area contributed by atoms with Gasteiger partial charge < -0.3 is 9.84 Å². The third-order valence-electron chi connectivity index (χ3n) is 3.93. The molecule has 2 aromatic carbocycles. The highest BCUT2D eigenvalue weighted by molar-refractivity contribution is 5.87. The van der Waals surface area contributed by atoms with E-state index in [2.05, 4.69) is 25.1 Å². The van der Waals surface area contributed by atoms with E-state index in [1.165, 1.54) is 11.1 Å². The summed E-state index contributed by atoms with van der Waals surface area (Å²) in [6.07, 6.45) is 0. The molecule has 0 aromatic heterocycles. The Morgan fingerprint density at radius 2 is 1.75 bits per heavy atom. The summed E-state index contributed by atoms with van der Waals surface area (Å²) in [6.45, 7) is 3.25.